The maximum Gasteiger partial charge on any atom is 0.248 e. The van der Waals surface area contributed by atoms with Crippen molar-refractivity contribution in [3.05, 3.63) is 58.8 Å². The number of benzene rings is 1. The number of hydrogen-bond acceptors (Lipinski definition) is 4. The van der Waals surface area contributed by atoms with E-state index in [2.05, 4.69) is 4.98 Å². The molecule has 6 nitrogen and oxygen atoms in total. The van der Waals surface area contributed by atoms with Crippen LogP contribution >= 0.6 is 0 Å². The highest BCUT2D eigenvalue weighted by molar-refractivity contribution is 7.89. The van der Waals surface area contributed by atoms with Crippen LogP contribution < -0.4 is 10.5 Å². The van der Waals surface area contributed by atoms with Crippen molar-refractivity contribution in [3.8, 4) is 0 Å². The summed E-state index contributed by atoms with van der Waals surface area (Å²) in [6.45, 7) is 1.70. The summed E-state index contributed by atoms with van der Waals surface area (Å²) in [7, 11) is -3.61. The Kier molecular flexibility index (Phi) is 4.18. The highest BCUT2D eigenvalue weighted by Gasteiger charge is 2.28. The van der Waals surface area contributed by atoms with Gasteiger partial charge in [-0.15, -0.1) is 0 Å². The number of H-pyrrole nitrogens is 1. The highest BCUT2D eigenvalue weighted by atomic mass is 32.2. The highest BCUT2D eigenvalue weighted by Crippen LogP contribution is 2.20. The number of nitrogens with one attached hydrogen (secondary N) is 1. The number of pyridine rings is 1. The maximum absolute atomic E-state index is 12.9. The minimum absolute atomic E-state index is 0.0939. The molecule has 23 heavy (non-hydrogen) atoms. The summed E-state index contributed by atoms with van der Waals surface area (Å²) in [5.74, 6) is -0.466. The van der Waals surface area contributed by atoms with Crippen LogP contribution in [0, 0.1) is 5.82 Å². The summed E-state index contributed by atoms with van der Waals surface area (Å²) in [6, 6.07) is 7.99. The summed E-state index contributed by atoms with van der Waals surface area (Å²) < 4.78 is 39.4. The van der Waals surface area contributed by atoms with E-state index < -0.39 is 15.8 Å². The predicted molar refractivity (Wildman–Crippen MR) is 84.4 cm³/mol. The monoisotopic (exact) mass is 337 g/mol. The van der Waals surface area contributed by atoms with Gasteiger partial charge in [0.05, 0.1) is 10.6 Å². The molecule has 1 aromatic heterocycles. The Labute approximate surface area is 133 Å². The first-order chi connectivity index (χ1) is 11.0. The van der Waals surface area contributed by atoms with Crippen molar-refractivity contribution in [2.24, 2.45) is 0 Å². The van der Waals surface area contributed by atoms with E-state index in [9.17, 15) is 17.6 Å². The molecule has 122 valence electrons. The maximum atomic E-state index is 12.9. The Balaban J connectivity index is 1.72. The number of anilines is 1. The van der Waals surface area contributed by atoms with Gasteiger partial charge >= 0.3 is 0 Å². The van der Waals surface area contributed by atoms with E-state index in [0.29, 0.717) is 26.2 Å². The summed E-state index contributed by atoms with van der Waals surface area (Å²) >= 11 is 0. The number of hydrogen-bond donors (Lipinski definition) is 1. The average Bonchev–Trinajstić information content (AvgIpc) is 2.56. The third-order valence-electron chi connectivity index (χ3n) is 3.82. The molecule has 1 fully saturated rings. The van der Waals surface area contributed by atoms with Crippen molar-refractivity contribution in [2.45, 2.75) is 4.90 Å². The zero-order valence-electron chi connectivity index (χ0n) is 12.3. The zero-order chi connectivity index (χ0) is 16.4. The van der Waals surface area contributed by atoms with E-state index in [0.717, 1.165) is 17.8 Å². The number of nitrogens with zero attached hydrogens (tertiary/aromatic N) is 2. The van der Waals surface area contributed by atoms with Crippen LogP contribution in [-0.4, -0.2) is 43.9 Å². The molecule has 1 aliphatic heterocycles. The van der Waals surface area contributed by atoms with Gasteiger partial charge in [0.1, 0.15) is 5.82 Å². The molecule has 0 unspecified atom stereocenters. The number of aromatic amines is 1. The standard InChI is InChI=1S/C15H16FN3O3S/c16-12-1-4-14(5-2-12)23(21,22)19-9-7-18(8-10-19)13-3-6-15(20)17-11-13/h1-6,11H,7-10H2,(H,17,20). The molecule has 0 amide bonds. The Morgan fingerprint density at radius 3 is 2.17 bits per heavy atom. The normalized spacial score (nSPS) is 16.5. The third kappa shape index (κ3) is 3.27. The minimum Gasteiger partial charge on any atom is -0.368 e. The van der Waals surface area contributed by atoms with Crippen molar-refractivity contribution in [1.82, 2.24) is 9.29 Å². The summed E-state index contributed by atoms with van der Waals surface area (Å²) in [5.41, 5.74) is 0.676. The van der Waals surface area contributed by atoms with Crippen molar-refractivity contribution >= 4 is 15.7 Å². The second-order valence-electron chi connectivity index (χ2n) is 5.26. The van der Waals surface area contributed by atoms with Crippen LogP contribution in [0.5, 0.6) is 0 Å². The fraction of sp³-hybridized carbons (Fsp3) is 0.267. The quantitative estimate of drug-likeness (QED) is 0.908. The third-order valence-corrected chi connectivity index (χ3v) is 5.74. The summed E-state index contributed by atoms with van der Waals surface area (Å²) in [5, 5.41) is 0. The number of rotatable bonds is 3. The molecule has 0 radical (unpaired) electrons. The Morgan fingerprint density at radius 1 is 0.957 bits per heavy atom. The summed E-state index contributed by atoms with van der Waals surface area (Å²) in [4.78, 5) is 15.8. The van der Waals surface area contributed by atoms with Crippen molar-refractivity contribution < 1.29 is 12.8 Å². The number of halogens is 1. The Hall–Kier alpha value is -2.19. The predicted octanol–water partition coefficient (Wildman–Crippen LogP) is 1.02. The molecule has 0 spiro atoms. The molecule has 0 atom stereocenters. The summed E-state index contributed by atoms with van der Waals surface area (Å²) in [6.07, 6.45) is 1.62. The van der Waals surface area contributed by atoms with E-state index in [1.54, 1.807) is 12.3 Å². The van der Waals surface area contributed by atoms with Gasteiger partial charge in [-0.25, -0.2) is 12.8 Å². The average molecular weight is 337 g/mol. The van der Waals surface area contributed by atoms with Crippen LogP contribution in [0.3, 0.4) is 0 Å². The fourth-order valence-electron chi connectivity index (χ4n) is 2.54. The van der Waals surface area contributed by atoms with Crippen molar-refractivity contribution in [1.29, 1.82) is 0 Å². The molecular formula is C15H16FN3O3S. The molecule has 1 aliphatic rings. The van der Waals surface area contributed by atoms with Gasteiger partial charge in [0, 0.05) is 38.4 Å². The van der Waals surface area contributed by atoms with Gasteiger partial charge < -0.3 is 9.88 Å². The van der Waals surface area contributed by atoms with E-state index in [4.69, 9.17) is 0 Å². The largest absolute Gasteiger partial charge is 0.368 e. The molecule has 0 aliphatic carbocycles. The van der Waals surface area contributed by atoms with E-state index in [1.165, 1.54) is 22.5 Å². The Morgan fingerprint density at radius 2 is 1.61 bits per heavy atom. The van der Waals surface area contributed by atoms with Crippen LogP contribution in [0.25, 0.3) is 0 Å². The van der Waals surface area contributed by atoms with Crippen LogP contribution in [0.15, 0.2) is 52.3 Å². The minimum atomic E-state index is -3.61. The molecule has 1 N–H and O–H groups in total. The fourth-order valence-corrected chi connectivity index (χ4v) is 3.96. The topological polar surface area (TPSA) is 73.5 Å². The molecule has 0 bridgehead atoms. The molecule has 2 aromatic rings. The van der Waals surface area contributed by atoms with Gasteiger partial charge in [0.15, 0.2) is 0 Å². The SMILES string of the molecule is O=c1ccc(N2CCN(S(=O)(=O)c3ccc(F)cc3)CC2)c[nH]1. The molecule has 1 saturated heterocycles. The lowest BCUT2D eigenvalue weighted by Crippen LogP contribution is -2.48. The zero-order valence-corrected chi connectivity index (χ0v) is 13.1. The lowest BCUT2D eigenvalue weighted by Gasteiger charge is -2.35. The van der Waals surface area contributed by atoms with Crippen LogP contribution in [0.1, 0.15) is 0 Å². The lowest BCUT2D eigenvalue weighted by molar-refractivity contribution is 0.384. The van der Waals surface area contributed by atoms with Gasteiger partial charge in [-0.2, -0.15) is 4.31 Å². The van der Waals surface area contributed by atoms with E-state index in [1.807, 2.05) is 4.90 Å². The van der Waals surface area contributed by atoms with Crippen LogP contribution in [0.2, 0.25) is 0 Å². The molecule has 0 saturated carbocycles. The smallest absolute Gasteiger partial charge is 0.248 e. The molecule has 8 heteroatoms. The first-order valence-corrected chi connectivity index (χ1v) is 8.60. The number of piperazine rings is 1. The molecule has 1 aromatic carbocycles. The Bertz CT molecular complexity index is 821. The second kappa shape index (κ2) is 6.13. The molecule has 2 heterocycles. The molecular weight excluding hydrogens is 321 g/mol. The van der Waals surface area contributed by atoms with Crippen LogP contribution in [0.4, 0.5) is 10.1 Å². The van der Waals surface area contributed by atoms with Gasteiger partial charge in [0.25, 0.3) is 0 Å². The van der Waals surface area contributed by atoms with Crippen molar-refractivity contribution in [3.63, 3.8) is 0 Å². The first kappa shape index (κ1) is 15.7. The lowest BCUT2D eigenvalue weighted by atomic mass is 10.3. The van der Waals surface area contributed by atoms with Gasteiger partial charge in [0.2, 0.25) is 15.6 Å². The first-order valence-electron chi connectivity index (χ1n) is 7.16. The van der Waals surface area contributed by atoms with Gasteiger partial charge in [-0.3, -0.25) is 4.79 Å². The number of aromatic nitrogens is 1. The number of sulfonamides is 1. The van der Waals surface area contributed by atoms with Gasteiger partial charge in [-0.05, 0) is 30.3 Å². The second-order valence-corrected chi connectivity index (χ2v) is 7.19. The van der Waals surface area contributed by atoms with Crippen LogP contribution in [-0.2, 0) is 10.0 Å². The van der Waals surface area contributed by atoms with Crippen molar-refractivity contribution in [2.75, 3.05) is 31.1 Å². The van der Waals surface area contributed by atoms with Gasteiger partial charge in [-0.1, -0.05) is 0 Å². The molecule has 3 rings (SSSR count). The van der Waals surface area contributed by atoms with E-state index >= 15 is 0 Å². The van der Waals surface area contributed by atoms with E-state index in [-0.39, 0.29) is 10.5 Å².